The highest BCUT2D eigenvalue weighted by molar-refractivity contribution is 7.99. The van der Waals surface area contributed by atoms with Gasteiger partial charge in [-0.25, -0.2) is 9.37 Å². The Bertz CT molecular complexity index is 1070. The first-order valence-electron chi connectivity index (χ1n) is 7.85. The standard InChI is InChI=1S/C17H14FN5O4S/c18-9-3-1-4-10(7-9)20-12(24)8-28-17-22-14(19)13(16(26)23-17)21-15(25)11-5-2-6-27-11/h1-7H,8H2,(H,20,24)(H,21,25)(H3,19,22,23,26). The topological polar surface area (TPSA) is 143 Å². The maximum atomic E-state index is 13.1. The summed E-state index contributed by atoms with van der Waals surface area (Å²) in [5, 5.41) is 4.93. The first-order chi connectivity index (χ1) is 13.4. The molecule has 2 aromatic heterocycles. The van der Waals surface area contributed by atoms with Crippen LogP contribution in [-0.4, -0.2) is 27.5 Å². The Morgan fingerprint density at radius 1 is 1.25 bits per heavy atom. The number of hydrogen-bond donors (Lipinski definition) is 4. The number of amides is 2. The Morgan fingerprint density at radius 2 is 2.07 bits per heavy atom. The molecular weight excluding hydrogens is 389 g/mol. The third-order valence-corrected chi connectivity index (χ3v) is 4.23. The summed E-state index contributed by atoms with van der Waals surface area (Å²) in [6.07, 6.45) is 1.31. The molecule has 0 aliphatic rings. The number of anilines is 3. The number of furan rings is 1. The molecule has 3 aromatic rings. The van der Waals surface area contributed by atoms with Crippen LogP contribution in [0.3, 0.4) is 0 Å². The summed E-state index contributed by atoms with van der Waals surface area (Å²) in [5.74, 6) is -1.86. The molecule has 0 spiro atoms. The SMILES string of the molecule is Nc1nc(SCC(=O)Nc2cccc(F)c2)[nH]c(=O)c1NC(=O)c1ccco1. The number of aromatic nitrogens is 2. The summed E-state index contributed by atoms with van der Waals surface area (Å²) >= 11 is 0.922. The monoisotopic (exact) mass is 403 g/mol. The normalized spacial score (nSPS) is 10.5. The number of halogens is 1. The lowest BCUT2D eigenvalue weighted by molar-refractivity contribution is -0.113. The zero-order valence-electron chi connectivity index (χ0n) is 14.2. The first-order valence-corrected chi connectivity index (χ1v) is 8.84. The molecule has 0 bridgehead atoms. The van der Waals surface area contributed by atoms with Gasteiger partial charge in [-0.1, -0.05) is 17.8 Å². The summed E-state index contributed by atoms with van der Waals surface area (Å²) in [6, 6.07) is 8.39. The van der Waals surface area contributed by atoms with Crippen LogP contribution in [0.5, 0.6) is 0 Å². The Labute approximate surface area is 161 Å². The van der Waals surface area contributed by atoms with Crippen LogP contribution in [0.15, 0.2) is 57.0 Å². The summed E-state index contributed by atoms with van der Waals surface area (Å²) in [4.78, 5) is 42.4. The largest absolute Gasteiger partial charge is 0.459 e. The Kier molecular flexibility index (Phi) is 5.75. The number of benzene rings is 1. The number of aromatic amines is 1. The summed E-state index contributed by atoms with van der Waals surface area (Å²) in [5.41, 5.74) is 5.14. The van der Waals surface area contributed by atoms with Crippen LogP contribution in [0.25, 0.3) is 0 Å². The molecule has 0 aliphatic heterocycles. The van der Waals surface area contributed by atoms with Crippen molar-refractivity contribution >= 4 is 40.8 Å². The minimum Gasteiger partial charge on any atom is -0.459 e. The van der Waals surface area contributed by atoms with E-state index in [9.17, 15) is 18.8 Å². The molecule has 9 nitrogen and oxygen atoms in total. The van der Waals surface area contributed by atoms with Crippen molar-refractivity contribution in [2.75, 3.05) is 22.1 Å². The second-order valence-corrected chi connectivity index (χ2v) is 6.37. The van der Waals surface area contributed by atoms with Crippen molar-refractivity contribution in [1.29, 1.82) is 0 Å². The van der Waals surface area contributed by atoms with E-state index in [0.717, 1.165) is 11.8 Å². The van der Waals surface area contributed by atoms with Gasteiger partial charge in [0, 0.05) is 5.69 Å². The molecule has 2 heterocycles. The zero-order valence-corrected chi connectivity index (χ0v) is 15.0. The van der Waals surface area contributed by atoms with Crippen LogP contribution < -0.4 is 21.9 Å². The van der Waals surface area contributed by atoms with Crippen molar-refractivity contribution in [3.63, 3.8) is 0 Å². The molecule has 1 aromatic carbocycles. The Hall–Kier alpha value is -3.60. The maximum Gasteiger partial charge on any atom is 0.291 e. The number of H-pyrrole nitrogens is 1. The van der Waals surface area contributed by atoms with E-state index in [1.807, 2.05) is 0 Å². The lowest BCUT2D eigenvalue weighted by Crippen LogP contribution is -2.23. The van der Waals surface area contributed by atoms with Gasteiger partial charge < -0.3 is 20.8 Å². The molecular formula is C17H14FN5O4S. The number of nitrogens with zero attached hydrogens (tertiary/aromatic N) is 1. The van der Waals surface area contributed by atoms with Gasteiger partial charge >= 0.3 is 0 Å². The van der Waals surface area contributed by atoms with Gasteiger partial charge in [-0.05, 0) is 30.3 Å². The highest BCUT2D eigenvalue weighted by Crippen LogP contribution is 2.18. The average molecular weight is 403 g/mol. The van der Waals surface area contributed by atoms with Crippen LogP contribution in [0.2, 0.25) is 0 Å². The van der Waals surface area contributed by atoms with Crippen molar-refractivity contribution in [3.8, 4) is 0 Å². The van der Waals surface area contributed by atoms with Crippen LogP contribution in [0.1, 0.15) is 10.6 Å². The molecule has 3 rings (SSSR count). The minimum atomic E-state index is -0.680. The third-order valence-electron chi connectivity index (χ3n) is 3.36. The lowest BCUT2D eigenvalue weighted by atomic mass is 10.3. The Balaban J connectivity index is 1.63. The van der Waals surface area contributed by atoms with E-state index in [2.05, 4.69) is 20.6 Å². The van der Waals surface area contributed by atoms with Crippen LogP contribution in [0, 0.1) is 5.82 Å². The molecule has 5 N–H and O–H groups in total. The predicted octanol–water partition coefficient (Wildman–Crippen LogP) is 2.07. The molecule has 0 unspecified atom stereocenters. The van der Waals surface area contributed by atoms with Gasteiger partial charge in [0.05, 0.1) is 12.0 Å². The molecule has 2 amide bonds. The number of thioether (sulfide) groups is 1. The highest BCUT2D eigenvalue weighted by atomic mass is 32.2. The van der Waals surface area contributed by atoms with E-state index in [0.29, 0.717) is 5.69 Å². The first kappa shape index (κ1) is 19.2. The molecule has 0 fully saturated rings. The van der Waals surface area contributed by atoms with Crippen LogP contribution in [-0.2, 0) is 4.79 Å². The van der Waals surface area contributed by atoms with E-state index >= 15 is 0 Å². The fourth-order valence-corrected chi connectivity index (χ4v) is 2.81. The molecule has 0 atom stereocenters. The second-order valence-electron chi connectivity index (χ2n) is 5.41. The summed E-state index contributed by atoms with van der Waals surface area (Å²) < 4.78 is 18.1. The predicted molar refractivity (Wildman–Crippen MR) is 102 cm³/mol. The van der Waals surface area contributed by atoms with E-state index in [4.69, 9.17) is 10.2 Å². The van der Waals surface area contributed by atoms with Gasteiger partial charge in [0.15, 0.2) is 22.4 Å². The van der Waals surface area contributed by atoms with Gasteiger partial charge in [-0.15, -0.1) is 0 Å². The highest BCUT2D eigenvalue weighted by Gasteiger charge is 2.16. The van der Waals surface area contributed by atoms with Gasteiger partial charge in [-0.3, -0.25) is 19.4 Å². The molecule has 0 aliphatic carbocycles. The number of nitrogens with one attached hydrogen (secondary N) is 3. The molecule has 28 heavy (non-hydrogen) atoms. The number of nitrogen functional groups attached to an aromatic ring is 1. The van der Waals surface area contributed by atoms with Crippen LogP contribution in [0.4, 0.5) is 21.6 Å². The van der Waals surface area contributed by atoms with Crippen molar-refractivity contribution < 1.29 is 18.4 Å². The van der Waals surface area contributed by atoms with Crippen molar-refractivity contribution in [3.05, 3.63) is 64.6 Å². The minimum absolute atomic E-state index is 0.00581. The maximum absolute atomic E-state index is 13.1. The third kappa shape index (κ3) is 4.76. The number of nitrogens with two attached hydrogens (primary N) is 1. The fraction of sp³-hybridized carbons (Fsp3) is 0.0588. The quantitative estimate of drug-likeness (QED) is 0.364. The van der Waals surface area contributed by atoms with Crippen molar-refractivity contribution in [1.82, 2.24) is 9.97 Å². The van der Waals surface area contributed by atoms with E-state index in [1.165, 1.54) is 36.6 Å². The zero-order chi connectivity index (χ0) is 20.1. The smallest absolute Gasteiger partial charge is 0.291 e. The fourth-order valence-electron chi connectivity index (χ4n) is 2.14. The van der Waals surface area contributed by atoms with E-state index in [-0.39, 0.29) is 28.2 Å². The number of hydrogen-bond acceptors (Lipinski definition) is 7. The summed E-state index contributed by atoms with van der Waals surface area (Å²) in [6.45, 7) is 0. The molecule has 0 saturated carbocycles. The van der Waals surface area contributed by atoms with Gasteiger partial charge in [0.1, 0.15) is 5.82 Å². The Morgan fingerprint density at radius 3 is 2.75 bits per heavy atom. The van der Waals surface area contributed by atoms with Crippen molar-refractivity contribution in [2.24, 2.45) is 0 Å². The van der Waals surface area contributed by atoms with Gasteiger partial charge in [0.2, 0.25) is 5.91 Å². The van der Waals surface area contributed by atoms with Crippen molar-refractivity contribution in [2.45, 2.75) is 5.16 Å². The molecule has 0 radical (unpaired) electrons. The summed E-state index contributed by atoms with van der Waals surface area (Å²) in [7, 11) is 0. The lowest BCUT2D eigenvalue weighted by Gasteiger charge is -2.08. The molecule has 144 valence electrons. The van der Waals surface area contributed by atoms with Gasteiger partial charge in [-0.2, -0.15) is 0 Å². The second kappa shape index (κ2) is 8.39. The number of rotatable bonds is 6. The number of carbonyl (C=O) groups is 2. The van der Waals surface area contributed by atoms with E-state index < -0.39 is 23.2 Å². The van der Waals surface area contributed by atoms with Gasteiger partial charge in [0.25, 0.3) is 11.5 Å². The van der Waals surface area contributed by atoms with Crippen LogP contribution >= 0.6 is 11.8 Å². The van der Waals surface area contributed by atoms with E-state index in [1.54, 1.807) is 6.07 Å². The molecule has 11 heteroatoms. The average Bonchev–Trinajstić information content (AvgIpc) is 3.18. The number of carbonyl (C=O) groups excluding carboxylic acids is 2. The molecule has 0 saturated heterocycles.